The number of nitrogens with zero attached hydrogens (tertiary/aromatic N) is 1. The van der Waals surface area contributed by atoms with Gasteiger partial charge in [0.25, 0.3) is 0 Å². The van der Waals surface area contributed by atoms with Crippen molar-refractivity contribution >= 4 is 26.6 Å². The van der Waals surface area contributed by atoms with E-state index in [0.29, 0.717) is 0 Å². The lowest BCUT2D eigenvalue weighted by molar-refractivity contribution is 0.598. The molecule has 0 saturated carbocycles. The average Bonchev–Trinajstić information content (AvgIpc) is 2.28. The van der Waals surface area contributed by atoms with Gasteiger partial charge in [-0.2, -0.15) is 0 Å². The molecule has 0 unspecified atom stereocenters. The number of rotatable bonds is 4. The Morgan fingerprint density at radius 1 is 1.28 bits per heavy atom. The highest BCUT2D eigenvalue weighted by Gasteiger charge is 2.05. The van der Waals surface area contributed by atoms with E-state index in [0.717, 1.165) is 22.3 Å². The third-order valence-corrected chi connectivity index (χ3v) is 3.33. The average molecular weight is 265 g/mol. The molecule has 5 nitrogen and oxygen atoms in total. The first kappa shape index (κ1) is 12.8. The molecule has 0 aliphatic heterocycles. The SMILES string of the molecule is Cc1ccc2cccc(NCCS(N)(=O)=O)c2n1. The topological polar surface area (TPSA) is 85.1 Å². The molecule has 6 heteroatoms. The fraction of sp³-hybridized carbons (Fsp3) is 0.250. The molecule has 0 aliphatic rings. The van der Waals surface area contributed by atoms with Gasteiger partial charge in [0.2, 0.25) is 10.0 Å². The summed E-state index contributed by atoms with van der Waals surface area (Å²) in [5.74, 6) is -0.102. The predicted molar refractivity (Wildman–Crippen MR) is 72.9 cm³/mol. The number of hydrogen-bond donors (Lipinski definition) is 2. The molecule has 0 amide bonds. The highest BCUT2D eigenvalue weighted by molar-refractivity contribution is 7.89. The number of nitrogens with two attached hydrogens (primary N) is 1. The first-order valence-electron chi connectivity index (χ1n) is 5.56. The van der Waals surface area contributed by atoms with Crippen LogP contribution in [0.5, 0.6) is 0 Å². The number of sulfonamides is 1. The quantitative estimate of drug-likeness (QED) is 0.871. The molecule has 2 aromatic rings. The molecule has 1 heterocycles. The number of pyridine rings is 1. The Morgan fingerprint density at radius 2 is 2.06 bits per heavy atom. The summed E-state index contributed by atoms with van der Waals surface area (Å²) >= 11 is 0. The molecule has 2 rings (SSSR count). The van der Waals surface area contributed by atoms with Gasteiger partial charge in [0, 0.05) is 17.6 Å². The summed E-state index contributed by atoms with van der Waals surface area (Å²) in [4.78, 5) is 4.45. The summed E-state index contributed by atoms with van der Waals surface area (Å²) < 4.78 is 21.7. The zero-order valence-electron chi connectivity index (χ0n) is 10.1. The van der Waals surface area contributed by atoms with E-state index in [4.69, 9.17) is 5.14 Å². The third-order valence-electron chi connectivity index (χ3n) is 2.56. The Bertz CT molecular complexity index is 668. The van der Waals surface area contributed by atoms with Gasteiger partial charge in [-0.05, 0) is 19.1 Å². The van der Waals surface area contributed by atoms with Crippen molar-refractivity contribution in [3.05, 3.63) is 36.0 Å². The fourth-order valence-electron chi connectivity index (χ4n) is 1.72. The van der Waals surface area contributed by atoms with Crippen LogP contribution in [0.1, 0.15) is 5.69 Å². The van der Waals surface area contributed by atoms with E-state index in [9.17, 15) is 8.42 Å². The van der Waals surface area contributed by atoms with Gasteiger partial charge < -0.3 is 5.32 Å². The Labute approximate surface area is 106 Å². The van der Waals surface area contributed by atoms with Crippen LogP contribution in [-0.4, -0.2) is 25.7 Å². The lowest BCUT2D eigenvalue weighted by atomic mass is 10.2. The second-order valence-corrected chi connectivity index (χ2v) is 5.86. The number of anilines is 1. The number of hydrogen-bond acceptors (Lipinski definition) is 4. The lowest BCUT2D eigenvalue weighted by Gasteiger charge is -2.09. The minimum absolute atomic E-state index is 0.102. The molecule has 0 aliphatic carbocycles. The number of fused-ring (bicyclic) bond motifs is 1. The van der Waals surface area contributed by atoms with E-state index in [1.807, 2.05) is 37.3 Å². The highest BCUT2D eigenvalue weighted by Crippen LogP contribution is 2.21. The second kappa shape index (κ2) is 4.91. The molecule has 3 N–H and O–H groups in total. The minimum atomic E-state index is -3.44. The van der Waals surface area contributed by atoms with Crippen LogP contribution in [0.4, 0.5) is 5.69 Å². The summed E-state index contributed by atoms with van der Waals surface area (Å²) in [5.41, 5.74) is 2.58. The molecule has 96 valence electrons. The smallest absolute Gasteiger partial charge is 0.210 e. The number of primary sulfonamides is 1. The molecule has 0 spiro atoms. The van der Waals surface area contributed by atoms with Crippen LogP contribution in [0.2, 0.25) is 0 Å². The van der Waals surface area contributed by atoms with Gasteiger partial charge in [0.05, 0.1) is 17.0 Å². The van der Waals surface area contributed by atoms with Gasteiger partial charge in [-0.25, -0.2) is 13.6 Å². The normalized spacial score (nSPS) is 11.7. The Morgan fingerprint density at radius 3 is 2.78 bits per heavy atom. The van der Waals surface area contributed by atoms with Crippen molar-refractivity contribution < 1.29 is 8.42 Å². The number of aryl methyl sites for hydroxylation is 1. The summed E-state index contributed by atoms with van der Waals surface area (Å²) in [6.07, 6.45) is 0. The van der Waals surface area contributed by atoms with Crippen LogP contribution in [0.3, 0.4) is 0 Å². The van der Waals surface area contributed by atoms with Crippen LogP contribution in [0, 0.1) is 6.92 Å². The Kier molecular flexibility index (Phi) is 3.49. The molecule has 18 heavy (non-hydrogen) atoms. The summed E-state index contributed by atoms with van der Waals surface area (Å²) in [7, 11) is -3.44. The van der Waals surface area contributed by atoms with E-state index in [1.165, 1.54) is 0 Å². The molecule has 0 fully saturated rings. The van der Waals surface area contributed by atoms with Gasteiger partial charge in [0.15, 0.2) is 0 Å². The summed E-state index contributed by atoms with van der Waals surface area (Å²) in [6, 6.07) is 9.67. The maximum atomic E-state index is 10.9. The van der Waals surface area contributed by atoms with Gasteiger partial charge >= 0.3 is 0 Å². The molecule has 0 bridgehead atoms. The lowest BCUT2D eigenvalue weighted by Crippen LogP contribution is -2.22. The number of aromatic nitrogens is 1. The standard InChI is InChI=1S/C12H15N3O2S/c1-9-5-6-10-3-2-4-11(12(10)15-9)14-7-8-18(13,16)17/h2-6,14H,7-8H2,1H3,(H2,13,16,17). The summed E-state index contributed by atoms with van der Waals surface area (Å²) in [6.45, 7) is 2.19. The zero-order chi connectivity index (χ0) is 13.2. The van der Waals surface area contributed by atoms with Gasteiger partial charge in [0.1, 0.15) is 0 Å². The first-order valence-corrected chi connectivity index (χ1v) is 7.28. The fourth-order valence-corrected chi connectivity index (χ4v) is 2.10. The van der Waals surface area contributed by atoms with Crippen molar-refractivity contribution in [3.63, 3.8) is 0 Å². The molecule has 0 saturated heterocycles. The monoisotopic (exact) mass is 265 g/mol. The Balaban J connectivity index is 2.25. The number of para-hydroxylation sites is 1. The van der Waals surface area contributed by atoms with Crippen molar-refractivity contribution in [2.45, 2.75) is 6.92 Å². The van der Waals surface area contributed by atoms with Crippen molar-refractivity contribution in [3.8, 4) is 0 Å². The van der Waals surface area contributed by atoms with Crippen LogP contribution in [-0.2, 0) is 10.0 Å². The van der Waals surface area contributed by atoms with Gasteiger partial charge in [-0.15, -0.1) is 0 Å². The summed E-state index contributed by atoms with van der Waals surface area (Å²) in [5, 5.41) is 9.02. The molecule has 1 aromatic carbocycles. The van der Waals surface area contributed by atoms with E-state index in [-0.39, 0.29) is 12.3 Å². The van der Waals surface area contributed by atoms with Crippen LogP contribution >= 0.6 is 0 Å². The highest BCUT2D eigenvalue weighted by atomic mass is 32.2. The van der Waals surface area contributed by atoms with Gasteiger partial charge in [-0.3, -0.25) is 4.98 Å². The maximum absolute atomic E-state index is 10.9. The molecule has 0 atom stereocenters. The van der Waals surface area contributed by atoms with E-state index in [2.05, 4.69) is 10.3 Å². The van der Waals surface area contributed by atoms with Crippen LogP contribution < -0.4 is 10.5 Å². The second-order valence-electron chi connectivity index (χ2n) is 4.12. The van der Waals surface area contributed by atoms with Crippen molar-refractivity contribution in [2.75, 3.05) is 17.6 Å². The first-order chi connectivity index (χ1) is 8.46. The zero-order valence-corrected chi connectivity index (χ0v) is 10.9. The number of benzene rings is 1. The van der Waals surface area contributed by atoms with E-state index in [1.54, 1.807) is 0 Å². The molecule has 0 radical (unpaired) electrons. The minimum Gasteiger partial charge on any atom is -0.382 e. The van der Waals surface area contributed by atoms with Crippen molar-refractivity contribution in [1.82, 2.24) is 4.98 Å². The molecular formula is C12H15N3O2S. The van der Waals surface area contributed by atoms with Crippen LogP contribution in [0.25, 0.3) is 10.9 Å². The van der Waals surface area contributed by atoms with Gasteiger partial charge in [-0.1, -0.05) is 18.2 Å². The van der Waals surface area contributed by atoms with Crippen molar-refractivity contribution in [2.24, 2.45) is 5.14 Å². The predicted octanol–water partition coefficient (Wildman–Crippen LogP) is 1.24. The van der Waals surface area contributed by atoms with E-state index < -0.39 is 10.0 Å². The Hall–Kier alpha value is -1.66. The van der Waals surface area contributed by atoms with E-state index >= 15 is 0 Å². The number of nitrogens with one attached hydrogen (secondary N) is 1. The third kappa shape index (κ3) is 3.18. The molecule has 1 aromatic heterocycles. The van der Waals surface area contributed by atoms with Crippen LogP contribution in [0.15, 0.2) is 30.3 Å². The maximum Gasteiger partial charge on any atom is 0.210 e. The van der Waals surface area contributed by atoms with Crippen molar-refractivity contribution in [1.29, 1.82) is 0 Å². The largest absolute Gasteiger partial charge is 0.382 e. The molecular weight excluding hydrogens is 250 g/mol.